The van der Waals surface area contributed by atoms with E-state index < -0.39 is 17.4 Å². The number of rotatable bonds is 3. The van der Waals surface area contributed by atoms with E-state index in [1.54, 1.807) is 0 Å². The topological polar surface area (TPSA) is 46.5 Å². The van der Waals surface area contributed by atoms with Gasteiger partial charge in [0.25, 0.3) is 0 Å². The average Bonchev–Trinajstić information content (AvgIpc) is 2.16. The molecule has 0 amide bonds. The first-order valence-electron chi connectivity index (χ1n) is 4.05. The minimum Gasteiger partial charge on any atom is -0.479 e. The summed E-state index contributed by atoms with van der Waals surface area (Å²) in [5.41, 5.74) is -1.21. The van der Waals surface area contributed by atoms with Crippen LogP contribution in [0, 0.1) is 5.82 Å². The predicted molar refractivity (Wildman–Crippen MR) is 48.4 cm³/mol. The Morgan fingerprint density at radius 3 is 2.64 bits per heavy atom. The van der Waals surface area contributed by atoms with Crippen molar-refractivity contribution in [1.82, 2.24) is 0 Å². The molecule has 0 aliphatic rings. The SMILES string of the molecule is COC(C)(C(=O)O)c1cccc(F)c1. The van der Waals surface area contributed by atoms with Crippen molar-refractivity contribution in [2.24, 2.45) is 0 Å². The van der Waals surface area contributed by atoms with Crippen molar-refractivity contribution in [2.75, 3.05) is 7.11 Å². The van der Waals surface area contributed by atoms with Crippen molar-refractivity contribution in [2.45, 2.75) is 12.5 Å². The molecule has 1 atom stereocenters. The lowest BCUT2D eigenvalue weighted by Gasteiger charge is -2.23. The fourth-order valence-corrected chi connectivity index (χ4v) is 1.11. The first-order chi connectivity index (χ1) is 6.50. The summed E-state index contributed by atoms with van der Waals surface area (Å²) in [5, 5.41) is 8.93. The molecule has 1 aromatic rings. The van der Waals surface area contributed by atoms with Gasteiger partial charge in [0.1, 0.15) is 5.82 Å². The van der Waals surface area contributed by atoms with Crippen molar-refractivity contribution in [1.29, 1.82) is 0 Å². The van der Waals surface area contributed by atoms with Crippen molar-refractivity contribution in [3.05, 3.63) is 35.6 Å². The second-order valence-electron chi connectivity index (χ2n) is 3.05. The smallest absolute Gasteiger partial charge is 0.340 e. The van der Waals surface area contributed by atoms with E-state index in [0.717, 1.165) is 6.07 Å². The Labute approximate surface area is 81.1 Å². The Balaban J connectivity index is 3.19. The molecule has 0 saturated heterocycles. The van der Waals surface area contributed by atoms with E-state index in [-0.39, 0.29) is 5.56 Å². The summed E-state index contributed by atoms with van der Waals surface area (Å²) in [7, 11) is 1.28. The number of carboxylic acid groups (broad SMARTS) is 1. The molecule has 1 rings (SSSR count). The summed E-state index contributed by atoms with van der Waals surface area (Å²) in [4.78, 5) is 10.9. The van der Waals surface area contributed by atoms with Gasteiger partial charge in [0, 0.05) is 7.11 Å². The van der Waals surface area contributed by atoms with E-state index in [2.05, 4.69) is 0 Å². The van der Waals surface area contributed by atoms with Crippen LogP contribution in [-0.2, 0) is 15.1 Å². The van der Waals surface area contributed by atoms with Crippen LogP contribution in [0.15, 0.2) is 24.3 Å². The van der Waals surface area contributed by atoms with Gasteiger partial charge in [-0.1, -0.05) is 12.1 Å². The molecule has 0 aliphatic carbocycles. The van der Waals surface area contributed by atoms with Crippen LogP contribution in [0.25, 0.3) is 0 Å². The van der Waals surface area contributed by atoms with Gasteiger partial charge in [-0.3, -0.25) is 0 Å². The highest BCUT2D eigenvalue weighted by atomic mass is 19.1. The fourth-order valence-electron chi connectivity index (χ4n) is 1.11. The molecule has 0 radical (unpaired) electrons. The van der Waals surface area contributed by atoms with Crippen LogP contribution in [0.4, 0.5) is 4.39 Å². The zero-order valence-corrected chi connectivity index (χ0v) is 7.95. The molecule has 14 heavy (non-hydrogen) atoms. The molecule has 1 unspecified atom stereocenters. The van der Waals surface area contributed by atoms with E-state index in [4.69, 9.17) is 9.84 Å². The summed E-state index contributed by atoms with van der Waals surface area (Å²) >= 11 is 0. The van der Waals surface area contributed by atoms with Crippen molar-refractivity contribution in [3.8, 4) is 0 Å². The monoisotopic (exact) mass is 198 g/mol. The van der Waals surface area contributed by atoms with E-state index in [9.17, 15) is 9.18 Å². The zero-order chi connectivity index (χ0) is 10.8. The number of aliphatic carboxylic acids is 1. The summed E-state index contributed by atoms with van der Waals surface area (Å²) in [6, 6.07) is 5.37. The van der Waals surface area contributed by atoms with E-state index in [1.165, 1.54) is 32.2 Å². The molecule has 3 nitrogen and oxygen atoms in total. The predicted octanol–water partition coefficient (Wildman–Crippen LogP) is 1.77. The minimum atomic E-state index is -1.50. The third kappa shape index (κ3) is 1.75. The van der Waals surface area contributed by atoms with Crippen LogP contribution in [0.1, 0.15) is 12.5 Å². The van der Waals surface area contributed by atoms with Gasteiger partial charge in [0.05, 0.1) is 0 Å². The maximum absolute atomic E-state index is 12.8. The van der Waals surface area contributed by atoms with Crippen molar-refractivity contribution < 1.29 is 19.0 Å². The zero-order valence-electron chi connectivity index (χ0n) is 7.95. The standard InChI is InChI=1S/C10H11FO3/c1-10(14-2,9(12)13)7-4-3-5-8(11)6-7/h3-6H,1-2H3,(H,12,13). The molecule has 4 heteroatoms. The van der Waals surface area contributed by atoms with Crippen molar-refractivity contribution in [3.63, 3.8) is 0 Å². The Hall–Kier alpha value is -1.42. The van der Waals surface area contributed by atoms with Crippen molar-refractivity contribution >= 4 is 5.97 Å². The molecule has 1 N–H and O–H groups in total. The van der Waals surface area contributed by atoms with Crippen LogP contribution in [0.5, 0.6) is 0 Å². The van der Waals surface area contributed by atoms with Gasteiger partial charge in [-0.05, 0) is 24.6 Å². The molecule has 1 aromatic carbocycles. The summed E-state index contributed by atoms with van der Waals surface area (Å²) in [6.45, 7) is 1.38. The summed E-state index contributed by atoms with van der Waals surface area (Å²) < 4.78 is 17.7. The minimum absolute atomic E-state index is 0.285. The fraction of sp³-hybridized carbons (Fsp3) is 0.300. The number of carboxylic acids is 1. The first-order valence-corrected chi connectivity index (χ1v) is 4.05. The summed E-state index contributed by atoms with van der Waals surface area (Å²) in [5.74, 6) is -1.63. The number of hydrogen-bond donors (Lipinski definition) is 1. The Bertz CT molecular complexity index is 351. The molecule has 0 spiro atoms. The van der Waals surface area contributed by atoms with Gasteiger partial charge < -0.3 is 9.84 Å². The molecule has 0 aromatic heterocycles. The van der Waals surface area contributed by atoms with Gasteiger partial charge in [-0.2, -0.15) is 0 Å². The average molecular weight is 198 g/mol. The maximum atomic E-state index is 12.8. The van der Waals surface area contributed by atoms with E-state index >= 15 is 0 Å². The van der Waals surface area contributed by atoms with E-state index in [1.807, 2.05) is 0 Å². The molecular weight excluding hydrogens is 187 g/mol. The quantitative estimate of drug-likeness (QED) is 0.805. The number of carbonyl (C=O) groups is 1. The second kappa shape index (κ2) is 3.75. The second-order valence-corrected chi connectivity index (χ2v) is 3.05. The Kier molecular flexibility index (Phi) is 2.86. The maximum Gasteiger partial charge on any atom is 0.340 e. The highest BCUT2D eigenvalue weighted by Crippen LogP contribution is 2.25. The lowest BCUT2D eigenvalue weighted by atomic mass is 9.96. The van der Waals surface area contributed by atoms with Crippen LogP contribution >= 0.6 is 0 Å². The number of hydrogen-bond acceptors (Lipinski definition) is 2. The molecule has 76 valence electrons. The number of methoxy groups -OCH3 is 1. The van der Waals surface area contributed by atoms with E-state index in [0.29, 0.717) is 0 Å². The van der Waals surface area contributed by atoms with Gasteiger partial charge in [0.2, 0.25) is 0 Å². The molecule has 0 bridgehead atoms. The molecule has 0 saturated carbocycles. The first kappa shape index (κ1) is 10.7. The van der Waals surface area contributed by atoms with Gasteiger partial charge in [0.15, 0.2) is 5.60 Å². The van der Waals surface area contributed by atoms with Gasteiger partial charge >= 0.3 is 5.97 Å². The molecule has 0 heterocycles. The van der Waals surface area contributed by atoms with Crippen LogP contribution in [0.3, 0.4) is 0 Å². The number of benzene rings is 1. The third-order valence-corrected chi connectivity index (χ3v) is 2.19. The summed E-state index contributed by atoms with van der Waals surface area (Å²) in [6.07, 6.45) is 0. The molecule has 0 aliphatic heterocycles. The van der Waals surface area contributed by atoms with Crippen LogP contribution in [-0.4, -0.2) is 18.2 Å². The van der Waals surface area contributed by atoms with Gasteiger partial charge in [-0.15, -0.1) is 0 Å². The van der Waals surface area contributed by atoms with Gasteiger partial charge in [-0.25, -0.2) is 9.18 Å². The lowest BCUT2D eigenvalue weighted by Crippen LogP contribution is -2.34. The van der Waals surface area contributed by atoms with Crippen LogP contribution < -0.4 is 0 Å². The Morgan fingerprint density at radius 2 is 2.21 bits per heavy atom. The van der Waals surface area contributed by atoms with Crippen LogP contribution in [0.2, 0.25) is 0 Å². The normalized spacial score (nSPS) is 14.8. The highest BCUT2D eigenvalue weighted by Gasteiger charge is 2.35. The number of halogens is 1. The lowest BCUT2D eigenvalue weighted by molar-refractivity contribution is -0.161. The highest BCUT2D eigenvalue weighted by molar-refractivity contribution is 5.78. The largest absolute Gasteiger partial charge is 0.479 e. The Morgan fingerprint density at radius 1 is 1.57 bits per heavy atom. The molecular formula is C10H11FO3. The molecule has 0 fully saturated rings. The third-order valence-electron chi connectivity index (χ3n) is 2.19. The number of ether oxygens (including phenoxy) is 1.